The van der Waals surface area contributed by atoms with E-state index in [1.54, 1.807) is 13.4 Å². The molecule has 7 nitrogen and oxygen atoms in total. The fraction of sp³-hybridized carbons (Fsp3) is 0.333. The Hall–Kier alpha value is -3.34. The number of pyridine rings is 1. The number of morpholine rings is 1. The van der Waals surface area contributed by atoms with Crippen LogP contribution < -0.4 is 10.1 Å². The van der Waals surface area contributed by atoms with Gasteiger partial charge in [0.05, 0.1) is 32.3 Å². The minimum absolute atomic E-state index is 0.327. The average Bonchev–Trinajstić information content (AvgIpc) is 3.46. The first-order valence-electron chi connectivity index (χ1n) is 10.5. The molecule has 1 aromatic carbocycles. The zero-order valence-corrected chi connectivity index (χ0v) is 17.5. The molecular weight excluding hydrogens is 392 g/mol. The quantitative estimate of drug-likeness (QED) is 0.515. The van der Waals surface area contributed by atoms with Crippen LogP contribution in [0.4, 0.5) is 5.69 Å². The van der Waals surface area contributed by atoms with Gasteiger partial charge in [-0.25, -0.2) is 4.98 Å². The van der Waals surface area contributed by atoms with E-state index in [0.717, 1.165) is 67.5 Å². The van der Waals surface area contributed by atoms with Crippen LogP contribution in [-0.2, 0) is 11.2 Å². The molecule has 1 aliphatic heterocycles. The summed E-state index contributed by atoms with van der Waals surface area (Å²) < 4.78 is 16.5. The van der Waals surface area contributed by atoms with E-state index in [4.69, 9.17) is 13.9 Å². The van der Waals surface area contributed by atoms with Gasteiger partial charge in [-0.1, -0.05) is 6.07 Å². The van der Waals surface area contributed by atoms with Crippen LogP contribution in [-0.4, -0.2) is 56.4 Å². The molecule has 5 rings (SSSR count). The Morgan fingerprint density at radius 2 is 2.13 bits per heavy atom. The van der Waals surface area contributed by atoms with Crippen molar-refractivity contribution in [1.82, 2.24) is 9.88 Å². The van der Waals surface area contributed by atoms with Gasteiger partial charge in [0.15, 0.2) is 0 Å². The van der Waals surface area contributed by atoms with Crippen LogP contribution in [0.2, 0.25) is 0 Å². The predicted molar refractivity (Wildman–Crippen MR) is 117 cm³/mol. The summed E-state index contributed by atoms with van der Waals surface area (Å²) in [4.78, 5) is 7.09. The van der Waals surface area contributed by atoms with E-state index >= 15 is 0 Å². The standard InChI is InChI=1S/C24H24N4O3/c1-29-24-20(15-25)22(21-3-2-10-31-21)19-14-16-13-17(4-5-18(16)23(19)27-24)26-6-7-28-8-11-30-12-9-28/h2-5,10,13,26H,6-9,11-12,14H2,1H3. The molecule has 0 amide bonds. The lowest BCUT2D eigenvalue weighted by Gasteiger charge is -2.26. The monoisotopic (exact) mass is 416 g/mol. The lowest BCUT2D eigenvalue weighted by Crippen LogP contribution is -2.39. The Kier molecular flexibility index (Phi) is 5.33. The van der Waals surface area contributed by atoms with E-state index in [2.05, 4.69) is 39.5 Å². The number of rotatable bonds is 6. The number of nitrogens with one attached hydrogen (secondary N) is 1. The highest BCUT2D eigenvalue weighted by atomic mass is 16.5. The lowest BCUT2D eigenvalue weighted by molar-refractivity contribution is 0.0398. The number of furan rings is 1. The van der Waals surface area contributed by atoms with Crippen LogP contribution in [0, 0.1) is 11.3 Å². The van der Waals surface area contributed by atoms with Crippen molar-refractivity contribution in [2.24, 2.45) is 0 Å². The van der Waals surface area contributed by atoms with Gasteiger partial charge in [-0.15, -0.1) is 0 Å². The summed E-state index contributed by atoms with van der Waals surface area (Å²) in [7, 11) is 1.54. The molecule has 2 aliphatic rings. The first kappa shape index (κ1) is 19.6. The van der Waals surface area contributed by atoms with Gasteiger partial charge >= 0.3 is 0 Å². The van der Waals surface area contributed by atoms with Crippen LogP contribution >= 0.6 is 0 Å². The molecule has 1 aliphatic carbocycles. The second-order valence-corrected chi connectivity index (χ2v) is 7.72. The van der Waals surface area contributed by atoms with Crippen LogP contribution in [0.25, 0.3) is 22.6 Å². The smallest absolute Gasteiger partial charge is 0.232 e. The van der Waals surface area contributed by atoms with E-state index in [0.29, 0.717) is 23.6 Å². The maximum atomic E-state index is 9.79. The van der Waals surface area contributed by atoms with Crippen LogP contribution in [0.3, 0.4) is 0 Å². The molecular formula is C24H24N4O3. The number of aromatic nitrogens is 1. The summed E-state index contributed by atoms with van der Waals surface area (Å²) >= 11 is 0. The van der Waals surface area contributed by atoms with Crippen molar-refractivity contribution in [3.63, 3.8) is 0 Å². The average molecular weight is 416 g/mol. The molecule has 3 heterocycles. The minimum atomic E-state index is 0.327. The molecule has 7 heteroatoms. The number of benzene rings is 1. The van der Waals surface area contributed by atoms with Gasteiger partial charge in [0.25, 0.3) is 0 Å². The summed E-state index contributed by atoms with van der Waals surface area (Å²) in [6.07, 6.45) is 2.32. The molecule has 2 aromatic heterocycles. The predicted octanol–water partition coefficient (Wildman–Crippen LogP) is 3.54. The molecule has 1 saturated heterocycles. The molecule has 0 atom stereocenters. The molecule has 1 fully saturated rings. The van der Waals surface area contributed by atoms with Gasteiger partial charge in [-0.2, -0.15) is 5.26 Å². The Bertz CT molecular complexity index is 1130. The molecule has 0 bridgehead atoms. The topological polar surface area (TPSA) is 83.5 Å². The normalized spacial score (nSPS) is 15.2. The maximum absolute atomic E-state index is 9.79. The number of fused-ring (bicyclic) bond motifs is 3. The molecule has 3 aromatic rings. The summed E-state index contributed by atoms with van der Waals surface area (Å²) in [5, 5.41) is 13.3. The number of hydrogen-bond donors (Lipinski definition) is 1. The molecule has 1 N–H and O–H groups in total. The van der Waals surface area contributed by atoms with Crippen molar-refractivity contribution in [2.75, 3.05) is 51.8 Å². The third kappa shape index (κ3) is 3.65. The Balaban J connectivity index is 1.43. The van der Waals surface area contributed by atoms with E-state index in [-0.39, 0.29) is 0 Å². The van der Waals surface area contributed by atoms with Crippen LogP contribution in [0.15, 0.2) is 41.0 Å². The van der Waals surface area contributed by atoms with Crippen molar-refractivity contribution in [2.45, 2.75) is 6.42 Å². The third-order valence-electron chi connectivity index (χ3n) is 5.93. The van der Waals surface area contributed by atoms with Crippen molar-refractivity contribution in [3.8, 4) is 34.5 Å². The fourth-order valence-electron chi connectivity index (χ4n) is 4.39. The fourth-order valence-corrected chi connectivity index (χ4v) is 4.39. The molecule has 158 valence electrons. The molecule has 0 radical (unpaired) electrons. The van der Waals surface area contributed by atoms with Gasteiger partial charge in [0, 0.05) is 49.4 Å². The zero-order chi connectivity index (χ0) is 21.2. The number of hydrogen-bond acceptors (Lipinski definition) is 7. The van der Waals surface area contributed by atoms with Crippen molar-refractivity contribution in [1.29, 1.82) is 5.26 Å². The largest absolute Gasteiger partial charge is 0.480 e. The minimum Gasteiger partial charge on any atom is -0.480 e. The second-order valence-electron chi connectivity index (χ2n) is 7.72. The van der Waals surface area contributed by atoms with Crippen LogP contribution in [0.1, 0.15) is 16.7 Å². The summed E-state index contributed by atoms with van der Waals surface area (Å²) in [5.41, 5.74) is 6.39. The first-order valence-corrected chi connectivity index (χ1v) is 10.5. The molecule has 0 saturated carbocycles. The Morgan fingerprint density at radius 3 is 2.87 bits per heavy atom. The highest BCUT2D eigenvalue weighted by Crippen LogP contribution is 2.45. The van der Waals surface area contributed by atoms with Crippen molar-refractivity contribution in [3.05, 3.63) is 53.3 Å². The maximum Gasteiger partial charge on any atom is 0.232 e. The van der Waals surface area contributed by atoms with E-state index in [1.165, 1.54) is 5.56 Å². The summed E-state index contributed by atoms with van der Waals surface area (Å²) in [6.45, 7) is 5.49. The number of nitrogens with zero attached hydrogens (tertiary/aromatic N) is 3. The molecule has 31 heavy (non-hydrogen) atoms. The molecule has 0 unspecified atom stereocenters. The third-order valence-corrected chi connectivity index (χ3v) is 5.93. The van der Waals surface area contributed by atoms with Gasteiger partial charge in [0.2, 0.25) is 5.88 Å². The van der Waals surface area contributed by atoms with Crippen LogP contribution in [0.5, 0.6) is 5.88 Å². The molecule has 0 spiro atoms. The van der Waals surface area contributed by atoms with Crippen molar-refractivity contribution < 1.29 is 13.9 Å². The van der Waals surface area contributed by atoms with Gasteiger partial charge in [-0.3, -0.25) is 4.90 Å². The first-order chi connectivity index (χ1) is 15.3. The Morgan fingerprint density at radius 1 is 1.26 bits per heavy atom. The van der Waals surface area contributed by atoms with E-state index in [1.807, 2.05) is 12.1 Å². The van der Waals surface area contributed by atoms with E-state index < -0.39 is 0 Å². The zero-order valence-electron chi connectivity index (χ0n) is 17.5. The second kappa shape index (κ2) is 8.42. The van der Waals surface area contributed by atoms with E-state index in [9.17, 15) is 5.26 Å². The van der Waals surface area contributed by atoms with Gasteiger partial charge in [-0.05, 0) is 35.4 Å². The summed E-state index contributed by atoms with van der Waals surface area (Å²) in [6, 6.07) is 12.3. The number of ether oxygens (including phenoxy) is 2. The lowest BCUT2D eigenvalue weighted by atomic mass is 9.99. The number of anilines is 1. The Labute approximate surface area is 181 Å². The van der Waals surface area contributed by atoms with Crippen molar-refractivity contribution >= 4 is 5.69 Å². The number of methoxy groups -OCH3 is 1. The van der Waals surface area contributed by atoms with Gasteiger partial charge in [0.1, 0.15) is 17.4 Å². The number of nitriles is 1. The van der Waals surface area contributed by atoms with Gasteiger partial charge < -0.3 is 19.2 Å². The SMILES string of the molecule is COc1nc2c(c(-c3ccco3)c1C#N)Cc1cc(NCCN3CCOCC3)ccc1-2. The highest BCUT2D eigenvalue weighted by molar-refractivity contribution is 5.86. The highest BCUT2D eigenvalue weighted by Gasteiger charge is 2.29. The summed E-state index contributed by atoms with van der Waals surface area (Å²) in [5.74, 6) is 0.985.